The molecule has 0 aromatic rings. The fraction of sp³-hybridized carbons (Fsp3) is 0.867. The molecule has 1 amide bonds. The van der Waals surface area contributed by atoms with Crippen LogP contribution in [0.25, 0.3) is 0 Å². The number of hydrogen-bond acceptors (Lipinski definition) is 3. The Morgan fingerprint density at radius 3 is 2.05 bits per heavy atom. The van der Waals surface area contributed by atoms with E-state index in [2.05, 4.69) is 33.0 Å². The minimum absolute atomic E-state index is 0.0448. The molecule has 0 saturated carbocycles. The Morgan fingerprint density at radius 2 is 1.70 bits per heavy atom. The number of nitrogens with zero attached hydrogens (tertiary/aromatic N) is 1. The number of aliphatic carboxylic acids is 1. The molecule has 1 atom stereocenters. The van der Waals surface area contributed by atoms with Crippen LogP contribution in [-0.2, 0) is 9.59 Å². The molecule has 2 N–H and O–H groups in total. The number of carbonyl (C=O) groups is 2. The molecule has 1 rings (SSSR count). The third-order valence-electron chi connectivity index (χ3n) is 3.91. The third-order valence-corrected chi connectivity index (χ3v) is 3.91. The van der Waals surface area contributed by atoms with Crippen molar-refractivity contribution in [1.82, 2.24) is 10.2 Å². The Hall–Kier alpha value is -1.10. The van der Waals surface area contributed by atoms with E-state index in [-0.39, 0.29) is 29.6 Å². The van der Waals surface area contributed by atoms with Crippen molar-refractivity contribution in [3.63, 3.8) is 0 Å². The Bertz CT molecular complexity index is 375. The molecular weight excluding hydrogens is 256 g/mol. The summed E-state index contributed by atoms with van der Waals surface area (Å²) in [6, 6.07) is 0.0838. The lowest BCUT2D eigenvalue weighted by molar-refractivity contribution is -0.144. The Balaban J connectivity index is 2.91. The van der Waals surface area contributed by atoms with Crippen LogP contribution in [0, 0.1) is 5.92 Å². The minimum Gasteiger partial charge on any atom is -0.481 e. The number of carbonyl (C=O) groups excluding carboxylic acids is 1. The average molecular weight is 284 g/mol. The van der Waals surface area contributed by atoms with E-state index in [1.165, 1.54) is 6.92 Å². The second-order valence-electron chi connectivity index (χ2n) is 7.37. The van der Waals surface area contributed by atoms with E-state index in [1.54, 1.807) is 11.8 Å². The summed E-state index contributed by atoms with van der Waals surface area (Å²) in [5.74, 6) is -1.44. The molecule has 1 fully saturated rings. The summed E-state index contributed by atoms with van der Waals surface area (Å²) >= 11 is 0. The standard InChI is InChI=1S/C15H28N2O3/c1-10(13(19)20)9-17(11(2)18)12-7-14(3,4)16-15(5,6)8-12/h10,12,16H,7-9H2,1-6H3,(H,19,20). The van der Waals surface area contributed by atoms with Gasteiger partial charge in [0.15, 0.2) is 0 Å². The summed E-state index contributed by atoms with van der Waals surface area (Å²) in [5.41, 5.74) is -0.126. The zero-order valence-corrected chi connectivity index (χ0v) is 13.5. The first kappa shape index (κ1) is 17.0. The zero-order valence-electron chi connectivity index (χ0n) is 13.5. The lowest BCUT2D eigenvalue weighted by Gasteiger charge is -2.49. The van der Waals surface area contributed by atoms with Crippen molar-refractivity contribution in [2.45, 2.75) is 71.5 Å². The monoisotopic (exact) mass is 284 g/mol. The molecule has 20 heavy (non-hydrogen) atoms. The summed E-state index contributed by atoms with van der Waals surface area (Å²) in [4.78, 5) is 24.7. The summed E-state index contributed by atoms with van der Waals surface area (Å²) in [7, 11) is 0. The number of rotatable bonds is 4. The number of hydrogen-bond donors (Lipinski definition) is 2. The molecule has 1 heterocycles. The van der Waals surface area contributed by atoms with Crippen LogP contribution in [0.4, 0.5) is 0 Å². The molecule has 5 nitrogen and oxygen atoms in total. The SMILES string of the molecule is CC(=O)N(CC(C)C(=O)O)C1CC(C)(C)NC(C)(C)C1. The fourth-order valence-corrected chi connectivity index (χ4v) is 3.40. The first-order valence-corrected chi connectivity index (χ1v) is 7.23. The number of amides is 1. The number of carboxylic acid groups (broad SMARTS) is 1. The van der Waals surface area contributed by atoms with Gasteiger partial charge in [0.25, 0.3) is 0 Å². The van der Waals surface area contributed by atoms with Crippen LogP contribution < -0.4 is 5.32 Å². The van der Waals surface area contributed by atoms with E-state index in [4.69, 9.17) is 5.11 Å². The molecule has 0 aliphatic carbocycles. The molecule has 1 aliphatic heterocycles. The van der Waals surface area contributed by atoms with Crippen molar-refractivity contribution in [3.05, 3.63) is 0 Å². The Kier molecular flexibility index (Phi) is 4.85. The van der Waals surface area contributed by atoms with Crippen molar-refractivity contribution in [1.29, 1.82) is 0 Å². The van der Waals surface area contributed by atoms with Gasteiger partial charge in [-0.1, -0.05) is 6.92 Å². The van der Waals surface area contributed by atoms with Crippen molar-refractivity contribution in [2.75, 3.05) is 6.54 Å². The van der Waals surface area contributed by atoms with E-state index >= 15 is 0 Å². The van der Waals surface area contributed by atoms with Gasteiger partial charge < -0.3 is 15.3 Å². The lowest BCUT2D eigenvalue weighted by Crippen LogP contribution is -2.63. The third kappa shape index (κ3) is 4.47. The van der Waals surface area contributed by atoms with Gasteiger partial charge in [0.2, 0.25) is 5.91 Å². The second kappa shape index (κ2) is 5.72. The molecule has 5 heteroatoms. The van der Waals surface area contributed by atoms with Crippen LogP contribution in [-0.4, -0.2) is 45.5 Å². The highest BCUT2D eigenvalue weighted by molar-refractivity contribution is 5.75. The fourth-order valence-electron chi connectivity index (χ4n) is 3.40. The van der Waals surface area contributed by atoms with Crippen molar-refractivity contribution >= 4 is 11.9 Å². The zero-order chi connectivity index (χ0) is 15.7. The first-order chi connectivity index (χ1) is 8.93. The highest BCUT2D eigenvalue weighted by Crippen LogP contribution is 2.32. The molecule has 0 bridgehead atoms. The van der Waals surface area contributed by atoms with Gasteiger partial charge in [0, 0.05) is 30.6 Å². The largest absolute Gasteiger partial charge is 0.481 e. The van der Waals surface area contributed by atoms with Crippen LogP contribution >= 0.6 is 0 Å². The summed E-state index contributed by atoms with van der Waals surface area (Å²) in [5, 5.41) is 12.6. The molecule has 0 aromatic carbocycles. The predicted octanol–water partition coefficient (Wildman–Crippen LogP) is 1.86. The average Bonchev–Trinajstić information content (AvgIpc) is 2.19. The van der Waals surface area contributed by atoms with E-state index in [9.17, 15) is 9.59 Å². The topological polar surface area (TPSA) is 69.6 Å². The molecular formula is C15H28N2O3. The van der Waals surface area contributed by atoms with Gasteiger partial charge in [-0.25, -0.2) is 0 Å². The Morgan fingerprint density at radius 1 is 1.25 bits per heavy atom. The van der Waals surface area contributed by atoms with Gasteiger partial charge in [0.1, 0.15) is 0 Å². The van der Waals surface area contributed by atoms with E-state index in [0.29, 0.717) is 0 Å². The molecule has 0 spiro atoms. The molecule has 116 valence electrons. The van der Waals surface area contributed by atoms with Crippen LogP contribution in [0.2, 0.25) is 0 Å². The first-order valence-electron chi connectivity index (χ1n) is 7.23. The maximum Gasteiger partial charge on any atom is 0.308 e. The second-order valence-corrected chi connectivity index (χ2v) is 7.37. The summed E-state index contributed by atoms with van der Waals surface area (Å²) in [6.45, 7) is 12.0. The van der Waals surface area contributed by atoms with Crippen molar-refractivity contribution in [3.8, 4) is 0 Å². The predicted molar refractivity (Wildman–Crippen MR) is 78.5 cm³/mol. The summed E-state index contributed by atoms with van der Waals surface area (Å²) < 4.78 is 0. The van der Waals surface area contributed by atoms with Gasteiger partial charge in [-0.05, 0) is 40.5 Å². The molecule has 0 radical (unpaired) electrons. The molecule has 0 aromatic heterocycles. The quantitative estimate of drug-likeness (QED) is 0.827. The normalized spacial score (nSPS) is 23.1. The van der Waals surface area contributed by atoms with Crippen LogP contribution in [0.1, 0.15) is 54.4 Å². The van der Waals surface area contributed by atoms with Gasteiger partial charge in [-0.2, -0.15) is 0 Å². The maximum atomic E-state index is 11.9. The molecule has 1 aliphatic rings. The van der Waals surface area contributed by atoms with Crippen LogP contribution in [0.3, 0.4) is 0 Å². The van der Waals surface area contributed by atoms with E-state index < -0.39 is 11.9 Å². The Labute approximate surface area is 121 Å². The lowest BCUT2D eigenvalue weighted by atomic mass is 9.79. The van der Waals surface area contributed by atoms with Gasteiger partial charge >= 0.3 is 5.97 Å². The molecule has 1 saturated heterocycles. The summed E-state index contributed by atoms with van der Waals surface area (Å²) in [6.07, 6.45) is 1.67. The van der Waals surface area contributed by atoms with Gasteiger partial charge in [-0.3, -0.25) is 9.59 Å². The minimum atomic E-state index is -0.858. The smallest absolute Gasteiger partial charge is 0.308 e. The number of piperidine rings is 1. The van der Waals surface area contributed by atoms with E-state index in [1.807, 2.05) is 0 Å². The van der Waals surface area contributed by atoms with E-state index in [0.717, 1.165) is 12.8 Å². The maximum absolute atomic E-state index is 11.9. The number of carboxylic acids is 1. The van der Waals surface area contributed by atoms with Crippen molar-refractivity contribution < 1.29 is 14.7 Å². The highest BCUT2D eigenvalue weighted by atomic mass is 16.4. The van der Waals surface area contributed by atoms with Gasteiger partial charge in [-0.15, -0.1) is 0 Å². The number of nitrogens with one attached hydrogen (secondary N) is 1. The van der Waals surface area contributed by atoms with Crippen LogP contribution in [0.15, 0.2) is 0 Å². The molecule has 1 unspecified atom stereocenters. The van der Waals surface area contributed by atoms with Gasteiger partial charge in [0.05, 0.1) is 5.92 Å². The van der Waals surface area contributed by atoms with Crippen molar-refractivity contribution in [2.24, 2.45) is 5.92 Å². The van der Waals surface area contributed by atoms with Crippen LogP contribution in [0.5, 0.6) is 0 Å². The highest BCUT2D eigenvalue weighted by Gasteiger charge is 2.41.